The Kier molecular flexibility index (Phi) is 5.35. The number of nitriles is 1. The number of nitrogens with zero attached hydrogens (tertiary/aromatic N) is 2. The van der Waals surface area contributed by atoms with Crippen LogP contribution in [0.1, 0.15) is 17.7 Å². The molecule has 1 N–H and O–H groups in total. The van der Waals surface area contributed by atoms with Gasteiger partial charge in [0.1, 0.15) is 4.21 Å². The maximum atomic E-state index is 12.3. The summed E-state index contributed by atoms with van der Waals surface area (Å²) in [7, 11) is -3.68. The van der Waals surface area contributed by atoms with E-state index in [4.69, 9.17) is 10.00 Å². The Bertz CT molecular complexity index is 779. The molecule has 22 heavy (non-hydrogen) atoms. The summed E-state index contributed by atoms with van der Waals surface area (Å²) in [6.07, 6.45) is 2.44. The molecule has 0 aromatic carbocycles. The minimum Gasteiger partial charge on any atom is -0.490 e. The number of aryl methyl sites for hydroxylation is 1. The topological polar surface area (TPSA) is 92.1 Å². The van der Waals surface area contributed by atoms with Crippen molar-refractivity contribution in [3.63, 3.8) is 0 Å². The maximum Gasteiger partial charge on any atom is 0.272 e. The Hall–Kier alpha value is -2.11. The van der Waals surface area contributed by atoms with Crippen LogP contribution in [0, 0.1) is 18.3 Å². The zero-order valence-electron chi connectivity index (χ0n) is 11.9. The second-order valence-electron chi connectivity index (χ2n) is 4.43. The van der Waals surface area contributed by atoms with E-state index in [9.17, 15) is 8.42 Å². The highest BCUT2D eigenvalue weighted by atomic mass is 32.2. The molecule has 0 amide bonds. The summed E-state index contributed by atoms with van der Waals surface area (Å²) < 4.78 is 32.8. The lowest BCUT2D eigenvalue weighted by Gasteiger charge is -2.11. The number of hydrogen-bond acceptors (Lipinski definition) is 6. The molecule has 2 aromatic rings. The number of unbranched alkanes of at least 4 members (excludes halogenated alkanes) is 1. The summed E-state index contributed by atoms with van der Waals surface area (Å²) in [5, 5.41) is 8.49. The number of sulfonamides is 1. The highest BCUT2D eigenvalue weighted by Crippen LogP contribution is 2.27. The summed E-state index contributed by atoms with van der Waals surface area (Å²) >= 11 is 1.19. The van der Waals surface area contributed by atoms with Gasteiger partial charge in [-0.1, -0.05) is 0 Å². The van der Waals surface area contributed by atoms with Gasteiger partial charge in [-0.05, 0) is 37.6 Å². The Morgan fingerprint density at radius 1 is 1.41 bits per heavy atom. The fourth-order valence-corrected chi connectivity index (χ4v) is 3.95. The normalized spacial score (nSPS) is 10.9. The molecule has 116 valence electrons. The predicted molar refractivity (Wildman–Crippen MR) is 84.4 cm³/mol. The van der Waals surface area contributed by atoms with Crippen LogP contribution in [-0.4, -0.2) is 20.0 Å². The molecule has 2 rings (SSSR count). The van der Waals surface area contributed by atoms with Crippen LogP contribution in [0.3, 0.4) is 0 Å². The van der Waals surface area contributed by atoms with Crippen molar-refractivity contribution in [2.45, 2.75) is 24.0 Å². The Morgan fingerprint density at radius 2 is 2.23 bits per heavy atom. The van der Waals surface area contributed by atoms with E-state index < -0.39 is 10.0 Å². The Balaban J connectivity index is 2.14. The fourth-order valence-electron chi connectivity index (χ4n) is 1.65. The van der Waals surface area contributed by atoms with Crippen molar-refractivity contribution in [3.05, 3.63) is 35.3 Å². The van der Waals surface area contributed by atoms with Crippen LogP contribution in [0.2, 0.25) is 0 Å². The molecule has 0 unspecified atom stereocenters. The zero-order valence-corrected chi connectivity index (χ0v) is 13.6. The molecule has 6 nitrogen and oxygen atoms in total. The first-order valence-corrected chi connectivity index (χ1v) is 8.87. The van der Waals surface area contributed by atoms with Gasteiger partial charge >= 0.3 is 0 Å². The average molecular weight is 337 g/mol. The van der Waals surface area contributed by atoms with Gasteiger partial charge in [-0.15, -0.1) is 11.3 Å². The van der Waals surface area contributed by atoms with Gasteiger partial charge in [0.05, 0.1) is 12.7 Å². The third kappa shape index (κ3) is 4.19. The standard InChI is InChI=1S/C14H15N3O3S2/c1-11-6-7-13(21-11)22(18,19)17-14-12(5-4-9-16-14)20-10-3-2-8-15/h4-7,9H,2-3,10H2,1H3,(H,16,17). The fraction of sp³-hybridized carbons (Fsp3) is 0.286. The summed E-state index contributed by atoms with van der Waals surface area (Å²) in [6.45, 7) is 2.17. The van der Waals surface area contributed by atoms with E-state index >= 15 is 0 Å². The van der Waals surface area contributed by atoms with E-state index in [1.807, 2.05) is 13.0 Å². The first-order chi connectivity index (χ1) is 10.5. The smallest absolute Gasteiger partial charge is 0.272 e. The second-order valence-corrected chi connectivity index (χ2v) is 7.63. The first-order valence-electron chi connectivity index (χ1n) is 6.57. The predicted octanol–water partition coefficient (Wildman–Crippen LogP) is 2.93. The van der Waals surface area contributed by atoms with Crippen LogP contribution in [-0.2, 0) is 10.0 Å². The van der Waals surface area contributed by atoms with Crippen molar-refractivity contribution < 1.29 is 13.2 Å². The lowest BCUT2D eigenvalue weighted by atomic mass is 10.3. The molecule has 2 aromatic heterocycles. The minimum atomic E-state index is -3.68. The number of thiophene rings is 1. The van der Waals surface area contributed by atoms with Gasteiger partial charge in [0, 0.05) is 17.5 Å². The van der Waals surface area contributed by atoms with Gasteiger partial charge in [-0.25, -0.2) is 13.4 Å². The van der Waals surface area contributed by atoms with Gasteiger partial charge in [0.25, 0.3) is 10.0 Å². The average Bonchev–Trinajstić information content (AvgIpc) is 2.92. The summed E-state index contributed by atoms with van der Waals surface area (Å²) in [5.41, 5.74) is 0. The minimum absolute atomic E-state index is 0.144. The van der Waals surface area contributed by atoms with Gasteiger partial charge in [-0.2, -0.15) is 5.26 Å². The van der Waals surface area contributed by atoms with Crippen LogP contribution in [0.25, 0.3) is 0 Å². The molecular formula is C14H15N3O3S2. The molecule has 0 saturated carbocycles. The van der Waals surface area contributed by atoms with E-state index in [2.05, 4.69) is 9.71 Å². The van der Waals surface area contributed by atoms with Crippen molar-refractivity contribution in [2.24, 2.45) is 0 Å². The zero-order chi connectivity index (χ0) is 16.0. The summed E-state index contributed by atoms with van der Waals surface area (Å²) in [6, 6.07) is 8.62. The van der Waals surface area contributed by atoms with Crippen LogP contribution in [0.15, 0.2) is 34.7 Å². The summed E-state index contributed by atoms with van der Waals surface area (Å²) in [5.74, 6) is 0.489. The number of pyridine rings is 1. The molecule has 0 atom stereocenters. The van der Waals surface area contributed by atoms with E-state index in [-0.39, 0.29) is 10.0 Å². The number of nitrogens with one attached hydrogen (secondary N) is 1. The highest BCUT2D eigenvalue weighted by Gasteiger charge is 2.19. The molecule has 2 heterocycles. The first kappa shape index (κ1) is 16.3. The number of rotatable bonds is 7. The van der Waals surface area contributed by atoms with Crippen LogP contribution in [0.5, 0.6) is 5.75 Å². The molecule has 0 aliphatic carbocycles. The van der Waals surface area contributed by atoms with Gasteiger partial charge in [-0.3, -0.25) is 4.72 Å². The lowest BCUT2D eigenvalue weighted by molar-refractivity contribution is 0.313. The van der Waals surface area contributed by atoms with Gasteiger partial charge in [0.2, 0.25) is 0 Å². The molecule has 0 radical (unpaired) electrons. The Labute approximate surface area is 133 Å². The van der Waals surface area contributed by atoms with E-state index in [1.54, 1.807) is 24.3 Å². The van der Waals surface area contributed by atoms with Crippen molar-refractivity contribution in [1.29, 1.82) is 5.26 Å². The monoisotopic (exact) mass is 337 g/mol. The summed E-state index contributed by atoms with van der Waals surface area (Å²) in [4.78, 5) is 4.93. The quantitative estimate of drug-likeness (QED) is 0.784. The molecule has 0 fully saturated rings. The number of hydrogen-bond donors (Lipinski definition) is 1. The molecule has 0 saturated heterocycles. The number of aromatic nitrogens is 1. The molecule has 0 bridgehead atoms. The van der Waals surface area contributed by atoms with Crippen LogP contribution in [0.4, 0.5) is 5.82 Å². The second kappa shape index (κ2) is 7.24. The molecule has 8 heteroatoms. The van der Waals surface area contributed by atoms with E-state index in [1.165, 1.54) is 17.5 Å². The lowest BCUT2D eigenvalue weighted by Crippen LogP contribution is -2.14. The van der Waals surface area contributed by atoms with Crippen LogP contribution < -0.4 is 9.46 Å². The van der Waals surface area contributed by atoms with Crippen LogP contribution >= 0.6 is 11.3 Å². The van der Waals surface area contributed by atoms with E-state index in [0.717, 1.165) is 4.88 Å². The Morgan fingerprint density at radius 3 is 2.91 bits per heavy atom. The third-order valence-electron chi connectivity index (χ3n) is 2.67. The van der Waals surface area contributed by atoms with Crippen molar-refractivity contribution in [3.8, 4) is 11.8 Å². The van der Waals surface area contributed by atoms with Crippen molar-refractivity contribution in [1.82, 2.24) is 4.98 Å². The van der Waals surface area contributed by atoms with Gasteiger partial charge < -0.3 is 4.74 Å². The van der Waals surface area contributed by atoms with Crippen molar-refractivity contribution >= 4 is 27.2 Å². The molecule has 0 aliphatic rings. The van der Waals surface area contributed by atoms with Crippen molar-refractivity contribution in [2.75, 3.05) is 11.3 Å². The number of ether oxygens (including phenoxy) is 1. The SMILES string of the molecule is Cc1ccc(S(=O)(=O)Nc2ncccc2OCCCC#N)s1. The molecule has 0 spiro atoms. The van der Waals surface area contributed by atoms with Gasteiger partial charge in [0.15, 0.2) is 11.6 Å². The third-order valence-corrected chi connectivity index (χ3v) is 5.50. The van der Waals surface area contributed by atoms with E-state index in [0.29, 0.717) is 25.2 Å². The highest BCUT2D eigenvalue weighted by molar-refractivity contribution is 7.94. The largest absolute Gasteiger partial charge is 0.490 e. The maximum absolute atomic E-state index is 12.3. The molecular weight excluding hydrogens is 322 g/mol. The molecule has 0 aliphatic heterocycles. The number of anilines is 1.